The van der Waals surface area contributed by atoms with Gasteiger partial charge in [-0.2, -0.15) is 0 Å². The van der Waals surface area contributed by atoms with Gasteiger partial charge in [-0.05, 0) is 43.2 Å². The lowest BCUT2D eigenvalue weighted by Crippen LogP contribution is -2.32. The maximum Gasteiger partial charge on any atom is 0.237 e. The molecule has 4 heteroatoms. The summed E-state index contributed by atoms with van der Waals surface area (Å²) in [4.78, 5) is 26.3. The van der Waals surface area contributed by atoms with Gasteiger partial charge in [-0.25, -0.2) is 4.90 Å². The molecule has 4 atom stereocenters. The number of phenols is 1. The van der Waals surface area contributed by atoms with Crippen molar-refractivity contribution in [2.75, 3.05) is 4.90 Å². The maximum atomic E-state index is 12.5. The molecule has 1 N–H and O–H groups in total. The number of imide groups is 1. The monoisotopic (exact) mass is 257 g/mol. The normalized spacial score (nSPS) is 36.1. The van der Waals surface area contributed by atoms with Gasteiger partial charge in [0.1, 0.15) is 5.75 Å². The van der Waals surface area contributed by atoms with E-state index in [0.717, 1.165) is 19.3 Å². The van der Waals surface area contributed by atoms with Crippen molar-refractivity contribution in [2.24, 2.45) is 23.7 Å². The molecule has 0 aromatic heterocycles. The van der Waals surface area contributed by atoms with Crippen LogP contribution in [-0.4, -0.2) is 16.9 Å². The Hall–Kier alpha value is -1.84. The summed E-state index contributed by atoms with van der Waals surface area (Å²) in [5, 5.41) is 9.52. The van der Waals surface area contributed by atoms with Gasteiger partial charge in [0.05, 0.1) is 17.5 Å². The second-order valence-electron chi connectivity index (χ2n) is 5.92. The number of rotatable bonds is 1. The number of carbonyl (C=O) groups is 2. The SMILES string of the molecule is O=C1[C@H]2[C@@H]3CC[C@@H](C3)[C@@H]2C(=O)N1c1cccc(O)c1. The molecule has 1 heterocycles. The molecule has 3 fully saturated rings. The predicted octanol–water partition coefficient (Wildman–Crippen LogP) is 1.93. The number of nitrogens with zero attached hydrogens (tertiary/aromatic N) is 1. The number of amides is 2. The minimum atomic E-state index is -0.103. The number of hydrogen-bond acceptors (Lipinski definition) is 3. The van der Waals surface area contributed by atoms with E-state index < -0.39 is 0 Å². The van der Waals surface area contributed by atoms with Crippen LogP contribution in [-0.2, 0) is 9.59 Å². The van der Waals surface area contributed by atoms with Crippen LogP contribution in [0.1, 0.15) is 19.3 Å². The Morgan fingerprint density at radius 1 is 1.05 bits per heavy atom. The summed E-state index contributed by atoms with van der Waals surface area (Å²) >= 11 is 0. The third-order valence-electron chi connectivity index (χ3n) is 5.02. The van der Waals surface area contributed by atoms with E-state index >= 15 is 0 Å². The summed E-state index contributed by atoms with van der Waals surface area (Å²) in [6.07, 6.45) is 3.21. The first-order valence-electron chi connectivity index (χ1n) is 6.83. The first-order valence-corrected chi connectivity index (χ1v) is 6.83. The van der Waals surface area contributed by atoms with Crippen molar-refractivity contribution in [1.29, 1.82) is 0 Å². The van der Waals surface area contributed by atoms with Gasteiger partial charge < -0.3 is 5.11 Å². The third kappa shape index (κ3) is 1.34. The highest BCUT2D eigenvalue weighted by Gasteiger charge is 2.61. The molecule has 2 aliphatic carbocycles. The van der Waals surface area contributed by atoms with Crippen molar-refractivity contribution in [3.05, 3.63) is 24.3 Å². The fourth-order valence-electron chi connectivity index (χ4n) is 4.30. The molecule has 2 bridgehead atoms. The molecular formula is C15H15NO3. The van der Waals surface area contributed by atoms with E-state index in [1.807, 2.05) is 0 Å². The van der Waals surface area contributed by atoms with Crippen LogP contribution < -0.4 is 4.90 Å². The Labute approximate surface area is 111 Å². The van der Waals surface area contributed by atoms with E-state index in [-0.39, 0.29) is 29.4 Å². The van der Waals surface area contributed by atoms with Gasteiger partial charge in [0, 0.05) is 6.07 Å². The van der Waals surface area contributed by atoms with Gasteiger partial charge in [0.15, 0.2) is 0 Å². The number of anilines is 1. The summed E-state index contributed by atoms with van der Waals surface area (Å²) < 4.78 is 0. The number of carbonyl (C=O) groups excluding carboxylic acids is 2. The van der Waals surface area contributed by atoms with Crippen molar-refractivity contribution in [2.45, 2.75) is 19.3 Å². The highest BCUT2D eigenvalue weighted by Crippen LogP contribution is 2.56. The first kappa shape index (κ1) is 11.0. The molecule has 2 amide bonds. The van der Waals surface area contributed by atoms with E-state index in [1.165, 1.54) is 11.0 Å². The molecule has 19 heavy (non-hydrogen) atoms. The lowest BCUT2D eigenvalue weighted by atomic mass is 9.81. The third-order valence-corrected chi connectivity index (χ3v) is 5.02. The molecule has 1 aliphatic heterocycles. The smallest absolute Gasteiger partial charge is 0.237 e. The zero-order valence-corrected chi connectivity index (χ0v) is 10.5. The molecule has 4 nitrogen and oxygen atoms in total. The lowest BCUT2D eigenvalue weighted by Gasteiger charge is -2.19. The lowest BCUT2D eigenvalue weighted by molar-refractivity contribution is -0.123. The molecule has 0 radical (unpaired) electrons. The average molecular weight is 257 g/mol. The number of aromatic hydroxyl groups is 1. The quantitative estimate of drug-likeness (QED) is 0.782. The van der Waals surface area contributed by atoms with Crippen LogP contribution in [0.4, 0.5) is 5.69 Å². The summed E-state index contributed by atoms with van der Waals surface area (Å²) in [6.45, 7) is 0. The van der Waals surface area contributed by atoms with Crippen molar-refractivity contribution in [1.82, 2.24) is 0 Å². The van der Waals surface area contributed by atoms with E-state index in [0.29, 0.717) is 17.5 Å². The number of hydrogen-bond donors (Lipinski definition) is 1. The van der Waals surface area contributed by atoms with Crippen LogP contribution in [0.5, 0.6) is 5.75 Å². The van der Waals surface area contributed by atoms with Crippen LogP contribution in [0.2, 0.25) is 0 Å². The summed E-state index contributed by atoms with van der Waals surface area (Å²) in [6, 6.07) is 6.39. The van der Waals surface area contributed by atoms with Crippen LogP contribution in [0.25, 0.3) is 0 Å². The highest BCUT2D eigenvalue weighted by molar-refractivity contribution is 6.22. The Balaban J connectivity index is 1.75. The van der Waals surface area contributed by atoms with Crippen molar-refractivity contribution >= 4 is 17.5 Å². The maximum absolute atomic E-state index is 12.5. The highest BCUT2D eigenvalue weighted by atomic mass is 16.3. The van der Waals surface area contributed by atoms with E-state index in [2.05, 4.69) is 0 Å². The molecule has 98 valence electrons. The van der Waals surface area contributed by atoms with E-state index in [4.69, 9.17) is 0 Å². The van der Waals surface area contributed by atoms with E-state index in [9.17, 15) is 14.7 Å². The van der Waals surface area contributed by atoms with Crippen LogP contribution in [0.3, 0.4) is 0 Å². The van der Waals surface area contributed by atoms with Crippen molar-refractivity contribution in [3.8, 4) is 5.75 Å². The molecule has 1 saturated heterocycles. The standard InChI is InChI=1S/C15H15NO3/c17-11-3-1-2-10(7-11)16-14(18)12-8-4-5-9(6-8)13(12)15(16)19/h1-3,7-9,12-13,17H,4-6H2/t8-,9+,12-,13-/m0/s1. The molecular weight excluding hydrogens is 242 g/mol. The second-order valence-corrected chi connectivity index (χ2v) is 5.92. The van der Waals surface area contributed by atoms with Crippen molar-refractivity contribution < 1.29 is 14.7 Å². The largest absolute Gasteiger partial charge is 0.508 e. The van der Waals surface area contributed by atoms with E-state index in [1.54, 1.807) is 18.2 Å². The van der Waals surface area contributed by atoms with Crippen LogP contribution in [0.15, 0.2) is 24.3 Å². The van der Waals surface area contributed by atoms with Gasteiger partial charge in [-0.1, -0.05) is 6.07 Å². The number of phenolic OH excluding ortho intramolecular Hbond substituents is 1. The molecule has 0 spiro atoms. The van der Waals surface area contributed by atoms with Gasteiger partial charge in [0.2, 0.25) is 11.8 Å². The molecule has 0 unspecified atom stereocenters. The Morgan fingerprint density at radius 2 is 1.68 bits per heavy atom. The fourth-order valence-corrected chi connectivity index (χ4v) is 4.30. The minimum Gasteiger partial charge on any atom is -0.508 e. The summed E-state index contributed by atoms with van der Waals surface area (Å²) in [5.41, 5.74) is 0.504. The zero-order valence-electron chi connectivity index (χ0n) is 10.5. The molecule has 4 rings (SSSR count). The summed E-state index contributed by atoms with van der Waals surface area (Å²) in [7, 11) is 0. The average Bonchev–Trinajstić information content (AvgIpc) is 3.04. The Morgan fingerprint density at radius 3 is 2.26 bits per heavy atom. The fraction of sp³-hybridized carbons (Fsp3) is 0.467. The van der Waals surface area contributed by atoms with Crippen LogP contribution in [0, 0.1) is 23.7 Å². The topological polar surface area (TPSA) is 57.6 Å². The minimum absolute atomic E-state index is 0.0622. The Kier molecular flexibility index (Phi) is 2.08. The zero-order chi connectivity index (χ0) is 13.1. The predicted molar refractivity (Wildman–Crippen MR) is 68.4 cm³/mol. The molecule has 1 aromatic rings. The second kappa shape index (κ2) is 3.59. The number of fused-ring (bicyclic) bond motifs is 5. The molecule has 3 aliphatic rings. The number of benzene rings is 1. The molecule has 1 aromatic carbocycles. The summed E-state index contributed by atoms with van der Waals surface area (Å²) in [5.74, 6) is 0.545. The van der Waals surface area contributed by atoms with Crippen LogP contribution >= 0.6 is 0 Å². The van der Waals surface area contributed by atoms with Gasteiger partial charge in [-0.3, -0.25) is 9.59 Å². The van der Waals surface area contributed by atoms with Crippen molar-refractivity contribution in [3.63, 3.8) is 0 Å². The first-order chi connectivity index (χ1) is 9.16. The van der Waals surface area contributed by atoms with Gasteiger partial charge >= 0.3 is 0 Å². The van der Waals surface area contributed by atoms with Gasteiger partial charge in [0.25, 0.3) is 0 Å². The molecule has 2 saturated carbocycles. The van der Waals surface area contributed by atoms with Gasteiger partial charge in [-0.15, -0.1) is 0 Å². The Bertz CT molecular complexity index is 555.